The summed E-state index contributed by atoms with van der Waals surface area (Å²) in [5.74, 6) is 0.794. The molecule has 0 aromatic heterocycles. The molecule has 3 fully saturated rings. The van der Waals surface area contributed by atoms with E-state index in [-0.39, 0.29) is 11.8 Å². The molecule has 0 aromatic rings. The Labute approximate surface area is 116 Å². The second-order valence-corrected chi connectivity index (χ2v) is 6.39. The lowest BCUT2D eigenvalue weighted by Crippen LogP contribution is -2.51. The Balaban J connectivity index is 1.36. The molecule has 0 aromatic carbocycles. The van der Waals surface area contributed by atoms with Crippen molar-refractivity contribution in [3.8, 4) is 0 Å². The van der Waals surface area contributed by atoms with E-state index in [1.807, 2.05) is 0 Å². The molecule has 3 aliphatic rings. The van der Waals surface area contributed by atoms with Crippen molar-refractivity contribution in [1.29, 1.82) is 0 Å². The van der Waals surface area contributed by atoms with Gasteiger partial charge in [0.05, 0.1) is 12.7 Å². The summed E-state index contributed by atoms with van der Waals surface area (Å²) in [5.41, 5.74) is 0.151. The van der Waals surface area contributed by atoms with Crippen LogP contribution in [0.25, 0.3) is 0 Å². The third kappa shape index (κ3) is 3.48. The Kier molecular flexibility index (Phi) is 4.42. The first kappa shape index (κ1) is 13.8. The van der Waals surface area contributed by atoms with Crippen molar-refractivity contribution >= 4 is 0 Å². The maximum absolute atomic E-state index is 5.91. The molecule has 3 rings (SSSR count). The number of ether oxygens (including phenoxy) is 3. The van der Waals surface area contributed by atoms with Crippen LogP contribution >= 0.6 is 0 Å². The van der Waals surface area contributed by atoms with Crippen molar-refractivity contribution in [2.75, 3.05) is 26.4 Å². The van der Waals surface area contributed by atoms with Gasteiger partial charge in [0.15, 0.2) is 6.29 Å². The van der Waals surface area contributed by atoms with Gasteiger partial charge < -0.3 is 19.5 Å². The van der Waals surface area contributed by atoms with Gasteiger partial charge in [-0.3, -0.25) is 0 Å². The van der Waals surface area contributed by atoms with Gasteiger partial charge in [-0.15, -0.1) is 0 Å². The molecule has 0 bridgehead atoms. The van der Waals surface area contributed by atoms with E-state index in [0.717, 1.165) is 45.1 Å². The minimum atomic E-state index is 0.0300. The monoisotopic (exact) mass is 269 g/mol. The van der Waals surface area contributed by atoms with Crippen LogP contribution in [0.5, 0.6) is 0 Å². The minimum Gasteiger partial charge on any atom is -0.376 e. The summed E-state index contributed by atoms with van der Waals surface area (Å²) in [6.45, 7) is 5.69. The summed E-state index contributed by atoms with van der Waals surface area (Å²) in [4.78, 5) is 0. The van der Waals surface area contributed by atoms with Crippen LogP contribution in [0.4, 0.5) is 0 Å². The van der Waals surface area contributed by atoms with Crippen LogP contribution in [0, 0.1) is 5.92 Å². The first-order chi connectivity index (χ1) is 9.28. The van der Waals surface area contributed by atoms with Crippen LogP contribution in [0.2, 0.25) is 0 Å². The van der Waals surface area contributed by atoms with E-state index >= 15 is 0 Å². The predicted molar refractivity (Wildman–Crippen MR) is 73.0 cm³/mol. The molecular formula is C15H27NO3. The fraction of sp³-hybridized carbons (Fsp3) is 1.00. The predicted octanol–water partition coefficient (Wildman–Crippen LogP) is 2.08. The lowest BCUT2D eigenvalue weighted by Gasteiger charge is -2.32. The smallest absolute Gasteiger partial charge is 0.157 e. The van der Waals surface area contributed by atoms with E-state index in [9.17, 15) is 0 Å². The molecule has 110 valence electrons. The molecule has 3 atom stereocenters. The van der Waals surface area contributed by atoms with Gasteiger partial charge in [-0.25, -0.2) is 0 Å². The first-order valence-corrected chi connectivity index (χ1v) is 7.88. The minimum absolute atomic E-state index is 0.0300. The van der Waals surface area contributed by atoms with E-state index < -0.39 is 0 Å². The normalized spacial score (nSPS) is 39.6. The van der Waals surface area contributed by atoms with Crippen molar-refractivity contribution < 1.29 is 14.2 Å². The molecule has 0 spiro atoms. The molecule has 1 N–H and O–H groups in total. The molecular weight excluding hydrogens is 242 g/mol. The van der Waals surface area contributed by atoms with Gasteiger partial charge >= 0.3 is 0 Å². The van der Waals surface area contributed by atoms with Crippen molar-refractivity contribution in [2.45, 2.75) is 63.4 Å². The standard InChI is InChI=1S/C15H27NO3/c1-15(7-10-19-14(15)12-5-6-12)16-8-11-18-13-4-2-3-9-17-13/h12-14,16H,2-11H2,1H3/t13-,14-,15+/m1/s1. The van der Waals surface area contributed by atoms with Crippen LogP contribution < -0.4 is 5.32 Å². The second-order valence-electron chi connectivity index (χ2n) is 6.39. The SMILES string of the molecule is C[C@]1(NCCO[C@@H]2CCCCO2)CCO[C@@H]1C1CC1. The molecule has 1 aliphatic carbocycles. The summed E-state index contributed by atoms with van der Waals surface area (Å²) in [6, 6.07) is 0. The Hall–Kier alpha value is -0.160. The van der Waals surface area contributed by atoms with Gasteiger partial charge in [-0.05, 0) is 51.4 Å². The van der Waals surface area contributed by atoms with E-state index in [0.29, 0.717) is 6.10 Å². The van der Waals surface area contributed by atoms with Gasteiger partial charge in [0, 0.05) is 25.3 Å². The molecule has 2 aliphatic heterocycles. The number of hydrogen-bond acceptors (Lipinski definition) is 4. The summed E-state index contributed by atoms with van der Waals surface area (Å²) in [6.07, 6.45) is 7.70. The van der Waals surface area contributed by atoms with Gasteiger partial charge in [-0.1, -0.05) is 0 Å². The Morgan fingerprint density at radius 3 is 2.79 bits per heavy atom. The molecule has 0 unspecified atom stereocenters. The summed E-state index contributed by atoms with van der Waals surface area (Å²) in [7, 11) is 0. The van der Waals surface area contributed by atoms with Gasteiger partial charge in [-0.2, -0.15) is 0 Å². The van der Waals surface area contributed by atoms with Crippen molar-refractivity contribution in [3.05, 3.63) is 0 Å². The maximum atomic E-state index is 5.91. The van der Waals surface area contributed by atoms with E-state index in [1.165, 1.54) is 25.7 Å². The number of rotatable bonds is 6. The highest BCUT2D eigenvalue weighted by Gasteiger charge is 2.47. The molecule has 4 heteroatoms. The third-order valence-electron chi connectivity index (χ3n) is 4.67. The Morgan fingerprint density at radius 2 is 2.05 bits per heavy atom. The molecule has 4 nitrogen and oxygen atoms in total. The average molecular weight is 269 g/mol. The number of hydrogen-bond donors (Lipinski definition) is 1. The molecule has 2 saturated heterocycles. The van der Waals surface area contributed by atoms with Crippen molar-refractivity contribution in [2.24, 2.45) is 5.92 Å². The summed E-state index contributed by atoms with van der Waals surface area (Å²) in [5, 5.41) is 3.66. The van der Waals surface area contributed by atoms with Gasteiger partial charge in [0.1, 0.15) is 0 Å². The molecule has 2 heterocycles. The Bertz CT molecular complexity index is 289. The quantitative estimate of drug-likeness (QED) is 0.749. The third-order valence-corrected chi connectivity index (χ3v) is 4.67. The van der Waals surface area contributed by atoms with E-state index in [4.69, 9.17) is 14.2 Å². The lowest BCUT2D eigenvalue weighted by atomic mass is 9.90. The lowest BCUT2D eigenvalue weighted by molar-refractivity contribution is -0.161. The van der Waals surface area contributed by atoms with Crippen LogP contribution in [0.3, 0.4) is 0 Å². The Morgan fingerprint density at radius 1 is 1.16 bits per heavy atom. The zero-order valence-electron chi connectivity index (χ0n) is 12.0. The second kappa shape index (κ2) is 6.08. The highest BCUT2D eigenvalue weighted by Crippen LogP contribution is 2.43. The van der Waals surface area contributed by atoms with Crippen LogP contribution in [0.15, 0.2) is 0 Å². The van der Waals surface area contributed by atoms with Gasteiger partial charge in [0.2, 0.25) is 0 Å². The fourth-order valence-corrected chi connectivity index (χ4v) is 3.34. The molecule has 0 radical (unpaired) electrons. The fourth-order valence-electron chi connectivity index (χ4n) is 3.34. The zero-order chi connectivity index (χ0) is 13.1. The van der Waals surface area contributed by atoms with Crippen LogP contribution in [-0.2, 0) is 14.2 Å². The topological polar surface area (TPSA) is 39.7 Å². The zero-order valence-corrected chi connectivity index (χ0v) is 12.0. The van der Waals surface area contributed by atoms with Crippen molar-refractivity contribution in [1.82, 2.24) is 5.32 Å². The molecule has 0 amide bonds. The average Bonchev–Trinajstić information content (AvgIpc) is 3.20. The summed E-state index contributed by atoms with van der Waals surface area (Å²) < 4.78 is 17.3. The molecule has 1 saturated carbocycles. The van der Waals surface area contributed by atoms with E-state index in [1.54, 1.807) is 0 Å². The van der Waals surface area contributed by atoms with Gasteiger partial charge in [0.25, 0.3) is 0 Å². The first-order valence-electron chi connectivity index (χ1n) is 7.88. The van der Waals surface area contributed by atoms with E-state index in [2.05, 4.69) is 12.2 Å². The highest BCUT2D eigenvalue weighted by atomic mass is 16.7. The highest BCUT2D eigenvalue weighted by molar-refractivity contribution is 5.02. The van der Waals surface area contributed by atoms with Crippen molar-refractivity contribution in [3.63, 3.8) is 0 Å². The number of nitrogens with one attached hydrogen (secondary N) is 1. The largest absolute Gasteiger partial charge is 0.376 e. The molecule has 19 heavy (non-hydrogen) atoms. The van der Waals surface area contributed by atoms with Crippen LogP contribution in [0.1, 0.15) is 45.4 Å². The van der Waals surface area contributed by atoms with Crippen LogP contribution in [-0.4, -0.2) is 44.3 Å². The summed E-state index contributed by atoms with van der Waals surface area (Å²) >= 11 is 0. The maximum Gasteiger partial charge on any atom is 0.157 e.